The summed E-state index contributed by atoms with van der Waals surface area (Å²) in [7, 11) is 1.64. The second kappa shape index (κ2) is 9.35. The third-order valence-corrected chi connectivity index (χ3v) is 2.65. The highest BCUT2D eigenvalue weighted by molar-refractivity contribution is 5.77. The van der Waals surface area contributed by atoms with Crippen LogP contribution in [-0.4, -0.2) is 39.4 Å². The molecule has 1 rings (SSSR count). The molecule has 0 aliphatic heterocycles. The molecule has 0 unspecified atom stereocenters. The molecule has 19 heavy (non-hydrogen) atoms. The first-order valence-corrected chi connectivity index (χ1v) is 6.41. The van der Waals surface area contributed by atoms with E-state index in [4.69, 9.17) is 15.2 Å². The van der Waals surface area contributed by atoms with Gasteiger partial charge in [0.2, 0.25) is 5.91 Å². The lowest BCUT2D eigenvalue weighted by molar-refractivity contribution is -0.125. The van der Waals surface area contributed by atoms with Crippen LogP contribution in [0.4, 0.5) is 5.69 Å². The van der Waals surface area contributed by atoms with E-state index in [-0.39, 0.29) is 12.5 Å². The molecule has 0 fully saturated rings. The summed E-state index contributed by atoms with van der Waals surface area (Å²) in [4.78, 5) is 11.4. The second-order valence-corrected chi connectivity index (χ2v) is 4.20. The van der Waals surface area contributed by atoms with Gasteiger partial charge in [-0.2, -0.15) is 0 Å². The molecule has 0 bridgehead atoms. The number of amides is 1. The van der Waals surface area contributed by atoms with Crippen molar-refractivity contribution in [3.8, 4) is 0 Å². The van der Waals surface area contributed by atoms with Crippen molar-refractivity contribution in [3.05, 3.63) is 29.8 Å². The molecule has 0 saturated heterocycles. The Morgan fingerprint density at radius 2 is 2.11 bits per heavy atom. The first-order chi connectivity index (χ1) is 9.24. The zero-order chi connectivity index (χ0) is 13.9. The van der Waals surface area contributed by atoms with E-state index in [1.807, 2.05) is 24.3 Å². The van der Waals surface area contributed by atoms with Gasteiger partial charge in [0.05, 0.1) is 6.61 Å². The van der Waals surface area contributed by atoms with Gasteiger partial charge in [-0.1, -0.05) is 18.2 Å². The Hall–Kier alpha value is -1.59. The van der Waals surface area contributed by atoms with Crippen molar-refractivity contribution >= 4 is 11.6 Å². The quantitative estimate of drug-likeness (QED) is 0.516. The number of nitrogens with one attached hydrogen (secondary N) is 1. The first-order valence-electron chi connectivity index (χ1n) is 6.41. The minimum absolute atomic E-state index is 0.0831. The van der Waals surface area contributed by atoms with Crippen LogP contribution in [0.15, 0.2) is 24.3 Å². The van der Waals surface area contributed by atoms with Gasteiger partial charge in [-0.3, -0.25) is 4.79 Å². The Balaban J connectivity index is 2.07. The third-order valence-electron chi connectivity index (χ3n) is 2.65. The van der Waals surface area contributed by atoms with Crippen LogP contribution in [0.3, 0.4) is 0 Å². The predicted molar refractivity (Wildman–Crippen MR) is 74.9 cm³/mol. The molecule has 1 aromatic rings. The maximum atomic E-state index is 11.4. The second-order valence-electron chi connectivity index (χ2n) is 4.20. The van der Waals surface area contributed by atoms with Crippen molar-refractivity contribution in [2.24, 2.45) is 0 Å². The van der Waals surface area contributed by atoms with Crippen molar-refractivity contribution in [1.29, 1.82) is 0 Å². The summed E-state index contributed by atoms with van der Waals surface area (Å²) in [5.41, 5.74) is 7.61. The van der Waals surface area contributed by atoms with Crippen molar-refractivity contribution in [2.75, 3.05) is 39.2 Å². The van der Waals surface area contributed by atoms with Gasteiger partial charge in [-0.05, 0) is 24.5 Å². The van der Waals surface area contributed by atoms with Crippen LogP contribution in [0.25, 0.3) is 0 Å². The van der Waals surface area contributed by atoms with Gasteiger partial charge >= 0.3 is 0 Å². The molecule has 5 nitrogen and oxygen atoms in total. The van der Waals surface area contributed by atoms with Gasteiger partial charge in [-0.15, -0.1) is 0 Å². The smallest absolute Gasteiger partial charge is 0.245 e. The molecule has 0 radical (unpaired) electrons. The molecule has 106 valence electrons. The van der Waals surface area contributed by atoms with E-state index < -0.39 is 0 Å². The van der Waals surface area contributed by atoms with Gasteiger partial charge in [0.15, 0.2) is 0 Å². The van der Waals surface area contributed by atoms with Crippen LogP contribution in [0, 0.1) is 0 Å². The zero-order valence-corrected chi connectivity index (χ0v) is 11.4. The van der Waals surface area contributed by atoms with Crippen LogP contribution in [0.5, 0.6) is 0 Å². The average Bonchev–Trinajstić information content (AvgIpc) is 2.41. The highest BCUT2D eigenvalue weighted by atomic mass is 16.5. The summed E-state index contributed by atoms with van der Waals surface area (Å²) in [6, 6.07) is 7.66. The maximum absolute atomic E-state index is 11.4. The van der Waals surface area contributed by atoms with E-state index in [1.54, 1.807) is 7.11 Å². The number of carbonyl (C=O) groups is 1. The van der Waals surface area contributed by atoms with Crippen LogP contribution in [0.2, 0.25) is 0 Å². The number of hydrogen-bond acceptors (Lipinski definition) is 4. The summed E-state index contributed by atoms with van der Waals surface area (Å²) in [5.74, 6) is -0.0999. The van der Waals surface area contributed by atoms with Crippen molar-refractivity contribution in [2.45, 2.75) is 12.8 Å². The Bertz CT molecular complexity index is 383. The molecule has 0 saturated carbocycles. The lowest BCUT2D eigenvalue weighted by Crippen LogP contribution is -2.29. The number of para-hydroxylation sites is 1. The Labute approximate surface area is 114 Å². The Morgan fingerprint density at radius 1 is 1.32 bits per heavy atom. The van der Waals surface area contributed by atoms with E-state index >= 15 is 0 Å². The maximum Gasteiger partial charge on any atom is 0.245 e. The van der Waals surface area contributed by atoms with E-state index in [2.05, 4.69) is 5.32 Å². The predicted octanol–water partition coefficient (Wildman–Crippen LogP) is 0.981. The monoisotopic (exact) mass is 266 g/mol. The number of benzene rings is 1. The van der Waals surface area contributed by atoms with Crippen molar-refractivity contribution in [3.63, 3.8) is 0 Å². The highest BCUT2D eigenvalue weighted by Crippen LogP contribution is 2.10. The normalized spacial score (nSPS) is 10.4. The van der Waals surface area contributed by atoms with Crippen LogP contribution < -0.4 is 11.1 Å². The first kappa shape index (κ1) is 15.5. The van der Waals surface area contributed by atoms with Crippen molar-refractivity contribution < 1.29 is 14.3 Å². The summed E-state index contributed by atoms with van der Waals surface area (Å²) in [5, 5.41) is 2.76. The molecule has 0 atom stereocenters. The fraction of sp³-hybridized carbons (Fsp3) is 0.500. The molecule has 0 aliphatic rings. The van der Waals surface area contributed by atoms with Crippen LogP contribution >= 0.6 is 0 Å². The number of hydrogen-bond donors (Lipinski definition) is 2. The Kier molecular flexibility index (Phi) is 7.62. The summed E-state index contributed by atoms with van der Waals surface area (Å²) >= 11 is 0. The largest absolute Gasteiger partial charge is 0.399 e. The molecule has 0 heterocycles. The molecular weight excluding hydrogens is 244 g/mol. The molecule has 0 aliphatic carbocycles. The summed E-state index contributed by atoms with van der Waals surface area (Å²) in [6.45, 7) is 1.83. The number of nitrogens with two attached hydrogens (primary N) is 1. The van der Waals surface area contributed by atoms with E-state index in [9.17, 15) is 4.79 Å². The minimum atomic E-state index is -0.0999. The van der Waals surface area contributed by atoms with Gasteiger partial charge in [-0.25, -0.2) is 0 Å². The molecular formula is C14H22N2O3. The number of methoxy groups -OCH3 is 1. The van der Waals surface area contributed by atoms with E-state index in [0.29, 0.717) is 26.2 Å². The lowest BCUT2D eigenvalue weighted by Gasteiger charge is -2.07. The molecule has 0 aromatic heterocycles. The Morgan fingerprint density at radius 3 is 2.84 bits per heavy atom. The van der Waals surface area contributed by atoms with Gasteiger partial charge in [0.25, 0.3) is 0 Å². The number of ether oxygens (including phenoxy) is 2. The molecule has 5 heteroatoms. The number of nitrogen functional groups attached to an aromatic ring is 1. The van der Waals surface area contributed by atoms with Crippen molar-refractivity contribution in [1.82, 2.24) is 5.32 Å². The van der Waals surface area contributed by atoms with Gasteiger partial charge in [0.1, 0.15) is 6.61 Å². The van der Waals surface area contributed by atoms with Crippen LogP contribution in [0.1, 0.15) is 12.0 Å². The number of carbonyl (C=O) groups excluding carboxylic acids is 1. The summed E-state index contributed by atoms with van der Waals surface area (Å²) < 4.78 is 10.2. The topological polar surface area (TPSA) is 73.6 Å². The SMILES string of the molecule is COCCCNC(=O)COCCc1ccccc1N. The number of anilines is 1. The van der Waals surface area contributed by atoms with Crippen LogP contribution in [-0.2, 0) is 20.7 Å². The fourth-order valence-corrected chi connectivity index (χ4v) is 1.60. The lowest BCUT2D eigenvalue weighted by atomic mass is 10.1. The average molecular weight is 266 g/mol. The fourth-order valence-electron chi connectivity index (χ4n) is 1.60. The molecule has 3 N–H and O–H groups in total. The standard InChI is InChI=1S/C14H22N2O3/c1-18-9-4-8-16-14(17)11-19-10-7-12-5-2-3-6-13(12)15/h2-3,5-6H,4,7-11,15H2,1H3,(H,16,17). The number of rotatable bonds is 9. The van der Waals surface area contributed by atoms with E-state index in [1.165, 1.54) is 0 Å². The molecule has 0 spiro atoms. The van der Waals surface area contributed by atoms with Gasteiger partial charge < -0.3 is 20.5 Å². The minimum Gasteiger partial charge on any atom is -0.399 e. The highest BCUT2D eigenvalue weighted by Gasteiger charge is 2.02. The molecule has 1 amide bonds. The van der Waals surface area contributed by atoms with Gasteiger partial charge in [0, 0.05) is 25.9 Å². The molecule has 1 aromatic carbocycles. The third kappa shape index (κ3) is 6.79. The zero-order valence-electron chi connectivity index (χ0n) is 11.4. The van der Waals surface area contributed by atoms with E-state index in [0.717, 1.165) is 17.7 Å². The summed E-state index contributed by atoms with van der Waals surface area (Å²) in [6.07, 6.45) is 1.52.